The predicted octanol–water partition coefficient (Wildman–Crippen LogP) is 11.5. The van der Waals surface area contributed by atoms with Gasteiger partial charge in [-0.2, -0.15) is 0 Å². The van der Waals surface area contributed by atoms with E-state index in [1.165, 1.54) is 71.9 Å². The minimum absolute atomic E-state index is 0.129. The number of rotatable bonds is 4. The molecule has 7 rings (SSSR count). The predicted molar refractivity (Wildman–Crippen MR) is 173 cm³/mol. The van der Waals surface area contributed by atoms with Crippen molar-refractivity contribution in [3.63, 3.8) is 0 Å². The first-order valence-corrected chi connectivity index (χ1v) is 16.3. The van der Waals surface area contributed by atoms with Crippen molar-refractivity contribution in [2.75, 3.05) is 0 Å². The molecule has 40 heavy (non-hydrogen) atoms. The first kappa shape index (κ1) is 26.0. The molecule has 3 atom stereocenters. The van der Waals surface area contributed by atoms with Crippen LogP contribution in [-0.2, 0) is 5.41 Å². The fraction of sp³-hybridized carbons (Fsp3) is 0.263. The van der Waals surface area contributed by atoms with Crippen LogP contribution < -0.4 is 0 Å². The van der Waals surface area contributed by atoms with E-state index in [4.69, 9.17) is 0 Å². The summed E-state index contributed by atoms with van der Waals surface area (Å²) >= 11 is 3.82. The standard InChI is InChI=1S/C38H36S2/c1-24-19-20-38(27(4)21-24)31-14-8-7-13-29(31)37-30-23-36(40-34-16-10-6-12-26(34)3)35(22-28(30)17-18-32(37)38)39-33-15-9-5-11-25(33)2/h5-18,22-24,27H,19-21H2,1-4H3. The molecular weight excluding hydrogens is 521 g/mol. The highest BCUT2D eigenvalue weighted by atomic mass is 32.2. The summed E-state index contributed by atoms with van der Waals surface area (Å²) in [6.45, 7) is 9.38. The van der Waals surface area contributed by atoms with E-state index in [0.29, 0.717) is 5.92 Å². The number of hydrogen-bond acceptors (Lipinski definition) is 2. The van der Waals surface area contributed by atoms with Gasteiger partial charge in [-0.1, -0.05) is 110 Å². The van der Waals surface area contributed by atoms with Crippen LogP contribution in [0.1, 0.15) is 55.4 Å². The lowest BCUT2D eigenvalue weighted by Crippen LogP contribution is -2.38. The van der Waals surface area contributed by atoms with Gasteiger partial charge >= 0.3 is 0 Å². The van der Waals surface area contributed by atoms with E-state index in [2.05, 4.69) is 125 Å². The van der Waals surface area contributed by atoms with Crippen LogP contribution in [0.4, 0.5) is 0 Å². The minimum atomic E-state index is 0.129. The first-order valence-electron chi connectivity index (χ1n) is 14.6. The second-order valence-electron chi connectivity index (χ2n) is 12.0. The van der Waals surface area contributed by atoms with Crippen LogP contribution >= 0.6 is 23.5 Å². The lowest BCUT2D eigenvalue weighted by Gasteiger charge is -2.44. The number of hydrogen-bond donors (Lipinski definition) is 0. The molecule has 2 aliphatic carbocycles. The molecule has 2 heteroatoms. The smallest absolute Gasteiger partial charge is 0.0268 e. The Bertz CT molecular complexity index is 1750. The van der Waals surface area contributed by atoms with Gasteiger partial charge in [0.25, 0.3) is 0 Å². The molecule has 2 aliphatic rings. The third-order valence-corrected chi connectivity index (χ3v) is 12.1. The zero-order valence-corrected chi connectivity index (χ0v) is 25.5. The van der Waals surface area contributed by atoms with Crippen molar-refractivity contribution in [3.8, 4) is 11.1 Å². The average molecular weight is 557 g/mol. The van der Waals surface area contributed by atoms with Crippen molar-refractivity contribution in [2.45, 2.75) is 72.0 Å². The minimum Gasteiger partial charge on any atom is -0.0886 e. The van der Waals surface area contributed by atoms with Crippen LogP contribution in [0.15, 0.2) is 117 Å². The molecule has 200 valence electrons. The van der Waals surface area contributed by atoms with Gasteiger partial charge in [0.05, 0.1) is 0 Å². The van der Waals surface area contributed by atoms with Crippen LogP contribution in [0.2, 0.25) is 0 Å². The fourth-order valence-electron chi connectivity index (χ4n) is 7.41. The van der Waals surface area contributed by atoms with E-state index in [1.807, 2.05) is 23.5 Å². The van der Waals surface area contributed by atoms with Crippen LogP contribution in [0.3, 0.4) is 0 Å². The number of fused-ring (bicyclic) bond motifs is 7. The lowest BCUT2D eigenvalue weighted by atomic mass is 9.59. The van der Waals surface area contributed by atoms with Crippen molar-refractivity contribution < 1.29 is 0 Å². The molecule has 0 amide bonds. The third kappa shape index (κ3) is 4.14. The molecule has 5 aromatic rings. The summed E-state index contributed by atoms with van der Waals surface area (Å²) < 4.78 is 0. The Kier molecular flexibility index (Phi) is 6.60. The Morgan fingerprint density at radius 1 is 0.650 bits per heavy atom. The molecule has 3 unspecified atom stereocenters. The van der Waals surface area contributed by atoms with Crippen LogP contribution in [0, 0.1) is 25.7 Å². The highest BCUT2D eigenvalue weighted by molar-refractivity contribution is 8.02. The van der Waals surface area contributed by atoms with Crippen molar-refractivity contribution in [2.24, 2.45) is 11.8 Å². The Morgan fingerprint density at radius 3 is 1.95 bits per heavy atom. The summed E-state index contributed by atoms with van der Waals surface area (Å²) in [5.74, 6) is 1.43. The van der Waals surface area contributed by atoms with Gasteiger partial charge in [-0.15, -0.1) is 0 Å². The molecule has 0 aromatic heterocycles. The molecule has 0 radical (unpaired) electrons. The SMILES string of the molecule is Cc1ccccc1Sc1cc2ccc3c(c2cc1Sc1ccccc1C)-c1ccccc1C31CCC(C)CC1C. The quantitative estimate of drug-likeness (QED) is 0.216. The van der Waals surface area contributed by atoms with Crippen molar-refractivity contribution in [3.05, 3.63) is 119 Å². The Hall–Kier alpha value is -2.94. The summed E-state index contributed by atoms with van der Waals surface area (Å²) in [6, 6.07) is 36.7. The van der Waals surface area contributed by atoms with Crippen LogP contribution in [0.5, 0.6) is 0 Å². The molecule has 0 saturated heterocycles. The highest BCUT2D eigenvalue weighted by Crippen LogP contribution is 2.60. The monoisotopic (exact) mass is 556 g/mol. The van der Waals surface area contributed by atoms with E-state index in [-0.39, 0.29) is 5.41 Å². The van der Waals surface area contributed by atoms with E-state index in [0.717, 1.165) is 5.92 Å². The highest BCUT2D eigenvalue weighted by Gasteiger charge is 2.49. The lowest BCUT2D eigenvalue weighted by molar-refractivity contribution is 0.199. The summed E-state index contributed by atoms with van der Waals surface area (Å²) in [7, 11) is 0. The maximum atomic E-state index is 2.51. The largest absolute Gasteiger partial charge is 0.0886 e. The Labute approximate surface area is 247 Å². The van der Waals surface area contributed by atoms with Gasteiger partial charge in [0.15, 0.2) is 0 Å². The summed E-state index contributed by atoms with van der Waals surface area (Å²) in [6.07, 6.45) is 3.85. The van der Waals surface area contributed by atoms with Crippen molar-refractivity contribution in [1.82, 2.24) is 0 Å². The van der Waals surface area contributed by atoms with Gasteiger partial charge in [-0.05, 0) is 113 Å². The molecule has 0 aliphatic heterocycles. The topological polar surface area (TPSA) is 0 Å². The molecule has 0 heterocycles. The molecular formula is C38H36S2. The van der Waals surface area contributed by atoms with Gasteiger partial charge in [0.1, 0.15) is 0 Å². The zero-order chi connectivity index (χ0) is 27.4. The van der Waals surface area contributed by atoms with Crippen LogP contribution in [0.25, 0.3) is 21.9 Å². The van der Waals surface area contributed by atoms with Crippen molar-refractivity contribution >= 4 is 34.3 Å². The van der Waals surface area contributed by atoms with E-state index >= 15 is 0 Å². The van der Waals surface area contributed by atoms with Gasteiger partial charge in [0, 0.05) is 25.0 Å². The Balaban J connectivity index is 1.46. The van der Waals surface area contributed by atoms with Gasteiger partial charge in [0.2, 0.25) is 0 Å². The second kappa shape index (κ2) is 10.2. The summed E-state index contributed by atoms with van der Waals surface area (Å²) in [5.41, 5.74) is 8.83. The van der Waals surface area contributed by atoms with Gasteiger partial charge in [-0.3, -0.25) is 0 Å². The van der Waals surface area contributed by atoms with Crippen LogP contribution in [-0.4, -0.2) is 0 Å². The Morgan fingerprint density at radius 2 is 1.27 bits per heavy atom. The second-order valence-corrected chi connectivity index (χ2v) is 14.2. The molecule has 0 nitrogen and oxygen atoms in total. The van der Waals surface area contributed by atoms with Gasteiger partial charge in [-0.25, -0.2) is 0 Å². The van der Waals surface area contributed by atoms with E-state index in [1.54, 1.807) is 11.1 Å². The number of benzene rings is 5. The maximum absolute atomic E-state index is 2.51. The normalized spacial score (nSPS) is 21.5. The summed E-state index contributed by atoms with van der Waals surface area (Å²) in [5, 5.41) is 2.74. The van der Waals surface area contributed by atoms with Gasteiger partial charge < -0.3 is 0 Å². The maximum Gasteiger partial charge on any atom is 0.0268 e. The average Bonchev–Trinajstić information content (AvgIpc) is 3.24. The fourth-order valence-corrected chi connectivity index (χ4v) is 9.57. The third-order valence-electron chi connectivity index (χ3n) is 9.50. The zero-order valence-electron chi connectivity index (χ0n) is 23.8. The van der Waals surface area contributed by atoms with E-state index in [9.17, 15) is 0 Å². The van der Waals surface area contributed by atoms with E-state index < -0.39 is 0 Å². The molecule has 0 bridgehead atoms. The molecule has 5 aromatic carbocycles. The first-order chi connectivity index (χ1) is 19.5. The number of aryl methyl sites for hydroxylation is 2. The summed E-state index contributed by atoms with van der Waals surface area (Å²) in [4.78, 5) is 5.32. The molecule has 1 saturated carbocycles. The van der Waals surface area contributed by atoms with Crippen molar-refractivity contribution in [1.29, 1.82) is 0 Å². The molecule has 1 spiro atoms. The molecule has 0 N–H and O–H groups in total. The molecule has 1 fully saturated rings.